The number of rotatable bonds is 1. The second-order valence-electron chi connectivity index (χ2n) is 3.81. The predicted molar refractivity (Wildman–Crippen MR) is 54.5 cm³/mol. The van der Waals surface area contributed by atoms with E-state index in [0.29, 0.717) is 0 Å². The molecule has 0 bridgehead atoms. The lowest BCUT2D eigenvalue weighted by molar-refractivity contribution is 0.0926. The van der Waals surface area contributed by atoms with Gasteiger partial charge >= 0.3 is 5.91 Å². The van der Waals surface area contributed by atoms with Gasteiger partial charge < -0.3 is 14.6 Å². The molecule has 5 nitrogen and oxygen atoms in total. The number of nitrogens with one attached hydrogen (secondary N) is 1. The maximum Gasteiger partial charge on any atom is 0.306 e. The summed E-state index contributed by atoms with van der Waals surface area (Å²) in [5, 5.41) is 2.51. The molecule has 1 aliphatic rings. The number of amides is 1. The molecule has 0 saturated heterocycles. The van der Waals surface area contributed by atoms with Gasteiger partial charge in [0.05, 0.1) is 5.69 Å². The molecule has 0 radical (unpaired) electrons. The molecule has 1 aliphatic heterocycles. The van der Waals surface area contributed by atoms with Gasteiger partial charge in [-0.05, 0) is 20.0 Å². The molecule has 0 fully saturated rings. The Bertz CT molecular complexity index is 373. The summed E-state index contributed by atoms with van der Waals surface area (Å²) in [6, 6.07) is 0. The van der Waals surface area contributed by atoms with E-state index in [2.05, 4.69) is 15.2 Å². The first-order valence-electron chi connectivity index (χ1n) is 5.10. The van der Waals surface area contributed by atoms with Crippen molar-refractivity contribution in [2.45, 2.75) is 19.4 Å². The molecule has 0 unspecified atom stereocenters. The summed E-state index contributed by atoms with van der Waals surface area (Å²) >= 11 is 0. The summed E-state index contributed by atoms with van der Waals surface area (Å²) < 4.78 is 5.44. The molecule has 1 N–H and O–H groups in total. The van der Waals surface area contributed by atoms with E-state index in [9.17, 15) is 4.79 Å². The first-order valence-corrected chi connectivity index (χ1v) is 5.10. The number of hydrogen-bond acceptors (Lipinski definition) is 4. The van der Waals surface area contributed by atoms with Crippen molar-refractivity contribution in [2.75, 3.05) is 20.6 Å². The van der Waals surface area contributed by atoms with Crippen LogP contribution in [0.15, 0.2) is 4.42 Å². The fourth-order valence-corrected chi connectivity index (χ4v) is 1.75. The van der Waals surface area contributed by atoms with Gasteiger partial charge in [-0.3, -0.25) is 4.79 Å². The summed E-state index contributed by atoms with van der Waals surface area (Å²) in [6.45, 7) is 1.80. The molecule has 0 saturated carbocycles. The first-order chi connectivity index (χ1) is 7.20. The molecule has 0 aliphatic carbocycles. The van der Waals surface area contributed by atoms with Gasteiger partial charge in [-0.2, -0.15) is 0 Å². The van der Waals surface area contributed by atoms with Crippen LogP contribution < -0.4 is 5.32 Å². The van der Waals surface area contributed by atoms with Gasteiger partial charge in [0.25, 0.3) is 5.89 Å². The Morgan fingerprint density at radius 3 is 3.13 bits per heavy atom. The van der Waals surface area contributed by atoms with Gasteiger partial charge in [-0.15, -0.1) is 0 Å². The molecule has 82 valence electrons. The van der Waals surface area contributed by atoms with Gasteiger partial charge in [-0.1, -0.05) is 0 Å². The van der Waals surface area contributed by atoms with E-state index in [1.807, 2.05) is 7.05 Å². The SMILES string of the molecule is CNC(=O)c1nc2c(o1)CCCN(C)C2. The Balaban J connectivity index is 2.27. The molecule has 1 aromatic heterocycles. The van der Waals surface area contributed by atoms with Gasteiger partial charge in [0.15, 0.2) is 0 Å². The lowest BCUT2D eigenvalue weighted by atomic mass is 10.2. The van der Waals surface area contributed by atoms with Crippen LogP contribution in [-0.2, 0) is 13.0 Å². The van der Waals surface area contributed by atoms with Crippen LogP contribution in [0, 0.1) is 0 Å². The lowest BCUT2D eigenvalue weighted by Gasteiger charge is -2.10. The average molecular weight is 209 g/mol. The topological polar surface area (TPSA) is 58.4 Å². The van der Waals surface area contributed by atoms with Crippen LogP contribution in [0.25, 0.3) is 0 Å². The summed E-state index contributed by atoms with van der Waals surface area (Å²) in [7, 11) is 3.62. The Morgan fingerprint density at radius 2 is 2.40 bits per heavy atom. The Morgan fingerprint density at radius 1 is 1.60 bits per heavy atom. The highest BCUT2D eigenvalue weighted by Gasteiger charge is 2.20. The predicted octanol–water partition coefficient (Wildman–Crippen LogP) is 0.412. The summed E-state index contributed by atoms with van der Waals surface area (Å²) in [5.41, 5.74) is 0.897. The molecule has 2 heterocycles. The minimum absolute atomic E-state index is 0.179. The normalized spacial score (nSPS) is 16.9. The van der Waals surface area contributed by atoms with E-state index in [1.54, 1.807) is 7.05 Å². The van der Waals surface area contributed by atoms with Crippen LogP contribution >= 0.6 is 0 Å². The van der Waals surface area contributed by atoms with Crippen molar-refractivity contribution < 1.29 is 9.21 Å². The van der Waals surface area contributed by atoms with Crippen molar-refractivity contribution >= 4 is 5.91 Å². The van der Waals surface area contributed by atoms with E-state index in [1.165, 1.54) is 0 Å². The van der Waals surface area contributed by atoms with Crippen LogP contribution in [0.5, 0.6) is 0 Å². The summed E-state index contributed by atoms with van der Waals surface area (Å²) in [6.07, 6.45) is 1.91. The molecule has 1 aromatic rings. The van der Waals surface area contributed by atoms with Crippen molar-refractivity contribution in [3.05, 3.63) is 17.3 Å². The van der Waals surface area contributed by atoms with Crippen molar-refractivity contribution in [1.82, 2.24) is 15.2 Å². The fraction of sp³-hybridized carbons (Fsp3) is 0.600. The monoisotopic (exact) mass is 209 g/mol. The minimum Gasteiger partial charge on any atom is -0.437 e. The Labute approximate surface area is 88.5 Å². The molecular formula is C10H15N3O2. The minimum atomic E-state index is -0.259. The van der Waals surface area contributed by atoms with Crippen LogP contribution in [0.4, 0.5) is 0 Å². The highest BCUT2D eigenvalue weighted by atomic mass is 16.4. The number of nitrogens with zero attached hydrogens (tertiary/aromatic N) is 2. The molecule has 0 aromatic carbocycles. The zero-order valence-corrected chi connectivity index (χ0v) is 9.04. The van der Waals surface area contributed by atoms with E-state index >= 15 is 0 Å². The molecular weight excluding hydrogens is 194 g/mol. The van der Waals surface area contributed by atoms with Gasteiger partial charge in [-0.25, -0.2) is 4.98 Å². The molecule has 0 spiro atoms. The lowest BCUT2D eigenvalue weighted by Crippen LogP contribution is -2.20. The number of carbonyl (C=O) groups is 1. The fourth-order valence-electron chi connectivity index (χ4n) is 1.75. The van der Waals surface area contributed by atoms with E-state index < -0.39 is 0 Å². The summed E-state index contributed by atoms with van der Waals surface area (Å²) in [4.78, 5) is 17.7. The zero-order chi connectivity index (χ0) is 10.8. The second-order valence-corrected chi connectivity index (χ2v) is 3.81. The van der Waals surface area contributed by atoms with Crippen molar-refractivity contribution in [1.29, 1.82) is 0 Å². The number of aromatic nitrogens is 1. The molecule has 1 amide bonds. The van der Waals surface area contributed by atoms with Gasteiger partial charge in [0.2, 0.25) is 0 Å². The van der Waals surface area contributed by atoms with Crippen LogP contribution in [0.3, 0.4) is 0 Å². The third-order valence-corrected chi connectivity index (χ3v) is 2.56. The molecule has 15 heavy (non-hydrogen) atoms. The average Bonchev–Trinajstić information content (AvgIpc) is 2.53. The largest absolute Gasteiger partial charge is 0.437 e. The standard InChI is InChI=1S/C10H15N3O2/c1-11-9(14)10-12-7-6-13(2)5-3-4-8(7)15-10/h3-6H2,1-2H3,(H,11,14). The quantitative estimate of drug-likeness (QED) is 0.728. The molecule has 2 rings (SSSR count). The van der Waals surface area contributed by atoms with Crippen LogP contribution in [-0.4, -0.2) is 36.4 Å². The van der Waals surface area contributed by atoms with Crippen LogP contribution in [0.2, 0.25) is 0 Å². The third kappa shape index (κ3) is 2.02. The second kappa shape index (κ2) is 4.02. The van der Waals surface area contributed by atoms with Gasteiger partial charge in [0, 0.05) is 20.0 Å². The number of fused-ring (bicyclic) bond motifs is 1. The third-order valence-electron chi connectivity index (χ3n) is 2.56. The smallest absolute Gasteiger partial charge is 0.306 e. The van der Waals surface area contributed by atoms with Crippen molar-refractivity contribution in [2.24, 2.45) is 0 Å². The number of oxazole rings is 1. The van der Waals surface area contributed by atoms with Crippen molar-refractivity contribution in [3.63, 3.8) is 0 Å². The Kier molecular flexibility index (Phi) is 2.73. The highest BCUT2D eigenvalue weighted by molar-refractivity contribution is 5.89. The maximum atomic E-state index is 11.3. The highest BCUT2D eigenvalue weighted by Crippen LogP contribution is 2.18. The number of aryl methyl sites for hydroxylation is 1. The summed E-state index contributed by atoms with van der Waals surface area (Å²) in [5.74, 6) is 0.779. The van der Waals surface area contributed by atoms with E-state index in [0.717, 1.165) is 37.4 Å². The van der Waals surface area contributed by atoms with Crippen molar-refractivity contribution in [3.8, 4) is 0 Å². The van der Waals surface area contributed by atoms with Crippen LogP contribution in [0.1, 0.15) is 28.6 Å². The Hall–Kier alpha value is -1.36. The van der Waals surface area contributed by atoms with E-state index in [4.69, 9.17) is 4.42 Å². The zero-order valence-electron chi connectivity index (χ0n) is 9.04. The molecule has 0 atom stereocenters. The molecule has 5 heteroatoms. The van der Waals surface area contributed by atoms with Gasteiger partial charge in [0.1, 0.15) is 5.76 Å². The first kappa shape index (κ1) is 10.2. The number of carbonyl (C=O) groups excluding carboxylic acids is 1. The van der Waals surface area contributed by atoms with E-state index in [-0.39, 0.29) is 11.8 Å². The number of hydrogen-bond donors (Lipinski definition) is 1. The maximum absolute atomic E-state index is 11.3.